The number of benzene rings is 2. The van der Waals surface area contributed by atoms with Gasteiger partial charge in [0, 0.05) is 17.6 Å². The van der Waals surface area contributed by atoms with Gasteiger partial charge in [0.15, 0.2) is 5.43 Å². The molecule has 1 aliphatic rings. The van der Waals surface area contributed by atoms with E-state index in [1.54, 1.807) is 29.2 Å². The average molecular weight is 456 g/mol. The van der Waals surface area contributed by atoms with Crippen LogP contribution in [0.2, 0.25) is 0 Å². The van der Waals surface area contributed by atoms with Gasteiger partial charge in [-0.1, -0.05) is 40.2 Å². The normalized spacial score (nSPS) is 16.1. The van der Waals surface area contributed by atoms with Crippen LogP contribution in [0.3, 0.4) is 0 Å². The van der Waals surface area contributed by atoms with E-state index in [0.29, 0.717) is 36.1 Å². The van der Waals surface area contributed by atoms with Crippen molar-refractivity contribution in [2.24, 2.45) is 0 Å². The summed E-state index contributed by atoms with van der Waals surface area (Å²) < 4.78 is 12.5. The zero-order valence-corrected chi connectivity index (χ0v) is 17.9. The van der Waals surface area contributed by atoms with Gasteiger partial charge in [-0.15, -0.1) is 0 Å². The Morgan fingerprint density at radius 1 is 1.10 bits per heavy atom. The fraction of sp³-hybridized carbons (Fsp3) is 0.304. The molecule has 0 saturated carbocycles. The van der Waals surface area contributed by atoms with Crippen molar-refractivity contribution in [1.29, 1.82) is 0 Å². The molecule has 1 amide bonds. The van der Waals surface area contributed by atoms with Gasteiger partial charge in [-0.3, -0.25) is 9.59 Å². The largest absolute Gasteiger partial charge is 0.450 e. The predicted octanol–water partition coefficient (Wildman–Crippen LogP) is 4.92. The van der Waals surface area contributed by atoms with Crippen LogP contribution in [0.25, 0.3) is 11.0 Å². The summed E-state index contributed by atoms with van der Waals surface area (Å²) in [5, 5.41) is 0.492. The number of amides is 1. The summed E-state index contributed by atoms with van der Waals surface area (Å²) in [5.41, 5.74) is 1.58. The molecule has 0 spiro atoms. The Morgan fingerprint density at radius 3 is 2.55 bits per heavy atom. The highest BCUT2D eigenvalue weighted by Crippen LogP contribution is 2.38. The van der Waals surface area contributed by atoms with Crippen molar-refractivity contribution in [3.63, 3.8) is 0 Å². The van der Waals surface area contributed by atoms with Crippen LogP contribution in [0.1, 0.15) is 48.0 Å². The summed E-state index contributed by atoms with van der Waals surface area (Å²) in [6.07, 6.45) is 0.816. The molecule has 1 aliphatic heterocycles. The zero-order chi connectivity index (χ0) is 20.5. The lowest BCUT2D eigenvalue weighted by Gasteiger charge is -2.25. The van der Waals surface area contributed by atoms with Crippen molar-refractivity contribution in [3.05, 3.63) is 80.1 Å². The molecular formula is C23H22BrNO4. The van der Waals surface area contributed by atoms with Gasteiger partial charge in [0.25, 0.3) is 5.91 Å². The van der Waals surface area contributed by atoms with Crippen LogP contribution < -0.4 is 5.43 Å². The topological polar surface area (TPSA) is 59.8 Å². The van der Waals surface area contributed by atoms with Crippen LogP contribution in [-0.2, 0) is 4.74 Å². The minimum absolute atomic E-state index is 0.136. The van der Waals surface area contributed by atoms with Crippen molar-refractivity contribution in [1.82, 2.24) is 4.90 Å². The van der Waals surface area contributed by atoms with Gasteiger partial charge in [-0.25, -0.2) is 0 Å². The molecule has 0 saturated heterocycles. The molecule has 0 fully saturated rings. The predicted molar refractivity (Wildman–Crippen MR) is 115 cm³/mol. The third-order valence-corrected chi connectivity index (χ3v) is 5.58. The molecule has 0 N–H and O–H groups in total. The van der Waals surface area contributed by atoms with E-state index < -0.39 is 6.04 Å². The smallest absolute Gasteiger partial charge is 0.290 e. The summed E-state index contributed by atoms with van der Waals surface area (Å²) >= 11 is 3.45. The number of ether oxygens (including phenoxy) is 1. The summed E-state index contributed by atoms with van der Waals surface area (Å²) in [6.45, 7) is 4.99. The van der Waals surface area contributed by atoms with E-state index in [1.807, 2.05) is 38.1 Å². The Balaban J connectivity index is 1.79. The molecular weight excluding hydrogens is 434 g/mol. The lowest BCUT2D eigenvalue weighted by molar-refractivity contribution is 0.0593. The molecule has 0 bridgehead atoms. The number of hydrogen-bond donors (Lipinski definition) is 0. The monoisotopic (exact) mass is 455 g/mol. The summed E-state index contributed by atoms with van der Waals surface area (Å²) in [7, 11) is 0. The summed E-state index contributed by atoms with van der Waals surface area (Å²) in [6, 6.07) is 14.3. The lowest BCUT2D eigenvalue weighted by Crippen LogP contribution is -2.31. The number of fused-ring (bicyclic) bond motifs is 2. The first kappa shape index (κ1) is 19.9. The van der Waals surface area contributed by atoms with Crippen molar-refractivity contribution in [3.8, 4) is 0 Å². The van der Waals surface area contributed by atoms with Crippen molar-refractivity contribution >= 4 is 32.8 Å². The van der Waals surface area contributed by atoms with E-state index in [1.165, 1.54) is 0 Å². The van der Waals surface area contributed by atoms with Gasteiger partial charge in [0.1, 0.15) is 5.58 Å². The van der Waals surface area contributed by atoms with Crippen molar-refractivity contribution < 1.29 is 13.9 Å². The number of carbonyl (C=O) groups excluding carboxylic acids is 1. The SMILES string of the molecule is CC(C)OCCCN1C(=O)c2oc3ccccc3c(=O)c2[C@@H]1c1ccc(Br)cc1. The number of para-hydroxylation sites is 1. The zero-order valence-electron chi connectivity index (χ0n) is 16.4. The minimum Gasteiger partial charge on any atom is -0.450 e. The van der Waals surface area contributed by atoms with Crippen molar-refractivity contribution in [2.45, 2.75) is 32.4 Å². The maximum atomic E-state index is 13.3. The first-order valence-electron chi connectivity index (χ1n) is 9.71. The van der Waals surface area contributed by atoms with Crippen LogP contribution in [0.5, 0.6) is 0 Å². The third-order valence-electron chi connectivity index (χ3n) is 5.05. The number of rotatable bonds is 6. The molecule has 0 unspecified atom stereocenters. The van der Waals surface area contributed by atoms with Gasteiger partial charge in [0.05, 0.1) is 23.1 Å². The molecule has 1 atom stereocenters. The highest BCUT2D eigenvalue weighted by molar-refractivity contribution is 9.10. The lowest BCUT2D eigenvalue weighted by atomic mass is 9.98. The second-order valence-corrected chi connectivity index (χ2v) is 8.31. The van der Waals surface area contributed by atoms with E-state index in [-0.39, 0.29) is 23.2 Å². The Labute approximate surface area is 177 Å². The first-order chi connectivity index (χ1) is 14.0. The van der Waals surface area contributed by atoms with Gasteiger partial charge in [-0.05, 0) is 50.1 Å². The van der Waals surface area contributed by atoms with Crippen molar-refractivity contribution in [2.75, 3.05) is 13.2 Å². The molecule has 2 aromatic carbocycles. The molecule has 3 aromatic rings. The third kappa shape index (κ3) is 3.74. The number of halogens is 1. The van der Waals surface area contributed by atoms with E-state index in [0.717, 1.165) is 10.0 Å². The fourth-order valence-electron chi connectivity index (χ4n) is 3.74. The minimum atomic E-state index is -0.467. The molecule has 0 radical (unpaired) electrons. The van der Waals surface area contributed by atoms with Crippen LogP contribution in [0.15, 0.2) is 62.2 Å². The van der Waals surface area contributed by atoms with Gasteiger partial charge in [-0.2, -0.15) is 0 Å². The van der Waals surface area contributed by atoms with E-state index in [4.69, 9.17) is 9.15 Å². The molecule has 5 nitrogen and oxygen atoms in total. The molecule has 150 valence electrons. The molecule has 0 aliphatic carbocycles. The Morgan fingerprint density at radius 2 is 1.83 bits per heavy atom. The van der Waals surface area contributed by atoms with E-state index >= 15 is 0 Å². The van der Waals surface area contributed by atoms with Crippen LogP contribution in [-0.4, -0.2) is 30.1 Å². The quantitative estimate of drug-likeness (QED) is 0.495. The molecule has 29 heavy (non-hydrogen) atoms. The second kappa shape index (κ2) is 8.13. The van der Waals surface area contributed by atoms with Crippen LogP contribution >= 0.6 is 15.9 Å². The number of nitrogens with zero attached hydrogens (tertiary/aromatic N) is 1. The van der Waals surface area contributed by atoms with E-state index in [2.05, 4.69) is 15.9 Å². The maximum absolute atomic E-state index is 13.3. The average Bonchev–Trinajstić information content (AvgIpc) is 2.98. The first-order valence-corrected chi connectivity index (χ1v) is 10.5. The number of carbonyl (C=O) groups is 1. The van der Waals surface area contributed by atoms with Gasteiger partial charge < -0.3 is 14.1 Å². The number of hydrogen-bond acceptors (Lipinski definition) is 4. The molecule has 6 heteroatoms. The summed E-state index contributed by atoms with van der Waals surface area (Å²) in [4.78, 5) is 28.2. The Kier molecular flexibility index (Phi) is 5.56. The fourth-order valence-corrected chi connectivity index (χ4v) is 4.01. The Bertz CT molecular complexity index is 1100. The molecule has 1 aromatic heterocycles. The maximum Gasteiger partial charge on any atom is 0.290 e. The standard InChI is InChI=1S/C23H22BrNO4/c1-14(2)28-13-5-12-25-20(15-8-10-16(24)11-9-15)19-21(26)17-6-3-4-7-18(17)29-22(19)23(25)27/h3-4,6-11,14,20H,5,12-13H2,1-2H3/t20-/m0/s1. The second-order valence-electron chi connectivity index (χ2n) is 7.40. The highest BCUT2D eigenvalue weighted by Gasteiger charge is 2.42. The van der Waals surface area contributed by atoms with Gasteiger partial charge >= 0.3 is 0 Å². The molecule has 2 heterocycles. The van der Waals surface area contributed by atoms with Crippen LogP contribution in [0.4, 0.5) is 0 Å². The van der Waals surface area contributed by atoms with Gasteiger partial charge in [0.2, 0.25) is 5.76 Å². The summed E-state index contributed by atoms with van der Waals surface area (Å²) in [5.74, 6) is -0.105. The van der Waals surface area contributed by atoms with Crippen LogP contribution in [0, 0.1) is 0 Å². The Hall–Kier alpha value is -2.44. The highest BCUT2D eigenvalue weighted by atomic mass is 79.9. The van der Waals surface area contributed by atoms with E-state index in [9.17, 15) is 9.59 Å². The molecule has 4 rings (SSSR count).